The molecule has 0 atom stereocenters. The second kappa shape index (κ2) is 15.6. The Kier molecular flexibility index (Phi) is 9.09. The number of aryl methyl sites for hydroxylation is 1. The highest BCUT2D eigenvalue weighted by Gasteiger charge is 2.45. The molecule has 0 bridgehead atoms. The van der Waals surface area contributed by atoms with Crippen LogP contribution in [0.15, 0.2) is 217 Å². The maximum atomic E-state index is 7.16. The van der Waals surface area contributed by atoms with Crippen LogP contribution < -0.4 is 20.6 Å². The zero-order valence-electron chi connectivity index (χ0n) is 36.9. The fourth-order valence-corrected chi connectivity index (χ4v) is 11.1. The Morgan fingerprint density at radius 2 is 1.18 bits per heavy atom. The van der Waals surface area contributed by atoms with Crippen molar-refractivity contribution in [1.82, 2.24) is 4.57 Å². The van der Waals surface area contributed by atoms with Crippen LogP contribution in [0, 0.1) is 0 Å². The lowest BCUT2D eigenvalue weighted by atomic mass is 9.44. The lowest BCUT2D eigenvalue weighted by Crippen LogP contribution is -2.60. The van der Waals surface area contributed by atoms with Crippen LogP contribution in [-0.2, 0) is 6.42 Å². The van der Waals surface area contributed by atoms with Crippen LogP contribution in [-0.4, -0.2) is 11.4 Å². The van der Waals surface area contributed by atoms with Crippen molar-refractivity contribution in [2.24, 2.45) is 0 Å². The van der Waals surface area contributed by atoms with Crippen LogP contribution in [0.1, 0.15) is 31.7 Å². The molecule has 4 heterocycles. The summed E-state index contributed by atoms with van der Waals surface area (Å²) in [6.07, 6.45) is 4.75. The summed E-state index contributed by atoms with van der Waals surface area (Å²) < 4.78 is 9.75. The Hall–Kier alpha value is -8.02. The van der Waals surface area contributed by atoms with E-state index >= 15 is 0 Å². The van der Waals surface area contributed by atoms with E-state index < -0.39 is 0 Å². The molecule has 0 fully saturated rings. The second-order valence-corrected chi connectivity index (χ2v) is 17.8. The molecule has 0 saturated heterocycles. The Morgan fingerprint density at radius 1 is 0.545 bits per heavy atom. The van der Waals surface area contributed by atoms with Gasteiger partial charge in [0.15, 0.2) is 0 Å². The fraction of sp³-hybridized carbons (Fsp3) is 0.0820. The zero-order valence-corrected chi connectivity index (χ0v) is 36.9. The van der Waals surface area contributed by atoms with Gasteiger partial charge in [-0.3, -0.25) is 0 Å². The molecule has 13 rings (SSSR count). The minimum Gasteiger partial charge on any atom is -0.455 e. The van der Waals surface area contributed by atoms with E-state index in [-0.39, 0.29) is 6.85 Å². The quantitative estimate of drug-likeness (QED) is 0.101. The van der Waals surface area contributed by atoms with E-state index in [1.165, 1.54) is 85.7 Å². The number of aromatic nitrogens is 1. The first-order valence-corrected chi connectivity index (χ1v) is 23.4. The van der Waals surface area contributed by atoms with Gasteiger partial charge in [0.25, 0.3) is 0 Å². The van der Waals surface area contributed by atoms with Crippen LogP contribution >= 0.6 is 0 Å². The van der Waals surface area contributed by atoms with Gasteiger partial charge in [0.2, 0.25) is 0 Å². The SMILES string of the molecule is CCCCCc1ccc(N2B3c4cc5oc(-c6ccccc6)c(-c6ccccc6)c5cc4-n4c5ccccc5c5c(N(c6ccccc6)c6ccccc6)cc(c3c54)-c3ccccc32)cc1. The average molecular weight is 848 g/mol. The maximum Gasteiger partial charge on any atom is 0.333 e. The Balaban J connectivity index is 1.18. The predicted octanol–water partition coefficient (Wildman–Crippen LogP) is 15.3. The highest BCUT2D eigenvalue weighted by atomic mass is 16.3. The second-order valence-electron chi connectivity index (χ2n) is 17.8. The molecule has 0 spiro atoms. The van der Waals surface area contributed by atoms with Gasteiger partial charge in [0, 0.05) is 61.3 Å². The molecular weight excluding hydrogens is 802 g/mol. The first-order chi connectivity index (χ1) is 32.7. The number of hydrogen-bond acceptors (Lipinski definition) is 3. The smallest absolute Gasteiger partial charge is 0.333 e. The van der Waals surface area contributed by atoms with Gasteiger partial charge in [0.1, 0.15) is 11.3 Å². The monoisotopic (exact) mass is 847 g/mol. The van der Waals surface area contributed by atoms with Gasteiger partial charge in [-0.1, -0.05) is 165 Å². The third-order valence-electron chi connectivity index (χ3n) is 14.0. The molecule has 9 aromatic carbocycles. The van der Waals surface area contributed by atoms with E-state index in [0.29, 0.717) is 0 Å². The summed E-state index contributed by atoms with van der Waals surface area (Å²) in [4.78, 5) is 5.08. The molecule has 0 amide bonds. The molecular formula is C61H46BN3O. The number of furan rings is 1. The highest BCUT2D eigenvalue weighted by molar-refractivity contribution is 6.94. The number of hydrogen-bond donors (Lipinski definition) is 0. The van der Waals surface area contributed by atoms with Gasteiger partial charge in [-0.15, -0.1) is 0 Å². The van der Waals surface area contributed by atoms with Crippen molar-refractivity contribution in [3.05, 3.63) is 218 Å². The van der Waals surface area contributed by atoms with Crippen molar-refractivity contribution in [2.75, 3.05) is 9.71 Å². The van der Waals surface area contributed by atoms with Crippen molar-refractivity contribution in [3.8, 4) is 39.3 Å². The topological polar surface area (TPSA) is 24.6 Å². The first-order valence-electron chi connectivity index (χ1n) is 23.4. The normalized spacial score (nSPS) is 12.5. The van der Waals surface area contributed by atoms with Crippen LogP contribution in [0.5, 0.6) is 0 Å². The molecule has 0 saturated carbocycles. The standard InChI is InChI=1S/C61H46BN3O/c1-2-3-8-21-41-34-36-46(37-35-41)65-53-33-20-17-30-47(53)49-38-55(63(44-26-13-6-14-27-44)45-28-15-7-16-29-45)58-48-31-18-19-32-52(48)64-54-39-50-56(40-51(54)62(65)59(49)60(58)64)66-61(43-24-11-5-12-25-43)57(50)42-22-9-4-10-23-42/h4-7,9-20,22-40H,2-3,8,21H2,1H3. The summed E-state index contributed by atoms with van der Waals surface area (Å²) in [5.74, 6) is 0.882. The van der Waals surface area contributed by atoms with Gasteiger partial charge in [-0.2, -0.15) is 0 Å². The number of unbranched alkanes of at least 4 members (excludes halogenated alkanes) is 2. The lowest BCUT2D eigenvalue weighted by Gasteiger charge is -2.42. The van der Waals surface area contributed by atoms with Gasteiger partial charge < -0.3 is 18.7 Å². The number of anilines is 5. The minimum absolute atomic E-state index is 0.166. The number of rotatable bonds is 10. The summed E-state index contributed by atoms with van der Waals surface area (Å²) >= 11 is 0. The third-order valence-corrected chi connectivity index (χ3v) is 14.0. The van der Waals surface area contributed by atoms with Gasteiger partial charge >= 0.3 is 6.85 Å². The number of benzene rings is 9. The van der Waals surface area contributed by atoms with E-state index in [4.69, 9.17) is 4.42 Å². The Labute approximate surface area is 385 Å². The Morgan fingerprint density at radius 3 is 1.89 bits per heavy atom. The molecule has 314 valence electrons. The average Bonchev–Trinajstić information content (AvgIpc) is 3.94. The number of fused-ring (bicyclic) bond motifs is 9. The third kappa shape index (κ3) is 5.93. The highest BCUT2D eigenvalue weighted by Crippen LogP contribution is 2.51. The van der Waals surface area contributed by atoms with E-state index in [0.717, 1.165) is 56.9 Å². The van der Waals surface area contributed by atoms with Crippen molar-refractivity contribution >= 4 is 79.0 Å². The summed E-state index contributed by atoms with van der Waals surface area (Å²) in [5, 5.41) is 3.55. The maximum absolute atomic E-state index is 7.16. The molecule has 2 aliphatic rings. The van der Waals surface area contributed by atoms with Crippen LogP contribution in [0.25, 0.3) is 72.0 Å². The summed E-state index contributed by atoms with van der Waals surface area (Å²) in [6, 6.07) is 77.9. The lowest BCUT2D eigenvalue weighted by molar-refractivity contribution is 0.632. The minimum atomic E-state index is -0.166. The molecule has 66 heavy (non-hydrogen) atoms. The van der Waals surface area contributed by atoms with Gasteiger partial charge in [0.05, 0.1) is 16.7 Å². The van der Waals surface area contributed by atoms with Crippen LogP contribution in [0.4, 0.5) is 28.4 Å². The van der Waals surface area contributed by atoms with Crippen molar-refractivity contribution < 1.29 is 4.42 Å². The van der Waals surface area contributed by atoms with Crippen LogP contribution in [0.3, 0.4) is 0 Å². The molecule has 0 aliphatic carbocycles. The van der Waals surface area contributed by atoms with Crippen molar-refractivity contribution in [1.29, 1.82) is 0 Å². The molecule has 2 aliphatic heterocycles. The first kappa shape index (κ1) is 38.4. The number of para-hydroxylation sites is 4. The molecule has 2 aromatic heterocycles. The van der Waals surface area contributed by atoms with Crippen LogP contribution in [0.2, 0.25) is 0 Å². The largest absolute Gasteiger partial charge is 0.455 e. The summed E-state index contributed by atoms with van der Waals surface area (Å²) in [5.41, 5.74) is 19.9. The van der Waals surface area contributed by atoms with E-state index in [1.54, 1.807) is 0 Å². The molecule has 11 aromatic rings. The van der Waals surface area contributed by atoms with Crippen molar-refractivity contribution in [3.63, 3.8) is 0 Å². The number of nitrogens with zero attached hydrogens (tertiary/aromatic N) is 3. The molecule has 5 heteroatoms. The van der Waals surface area contributed by atoms with Gasteiger partial charge in [-0.25, -0.2) is 0 Å². The molecule has 4 nitrogen and oxygen atoms in total. The molecule has 0 unspecified atom stereocenters. The molecule has 0 N–H and O–H groups in total. The predicted molar refractivity (Wildman–Crippen MR) is 278 cm³/mol. The van der Waals surface area contributed by atoms with Crippen molar-refractivity contribution in [2.45, 2.75) is 32.6 Å². The Bertz CT molecular complexity index is 3560. The molecule has 0 radical (unpaired) electrons. The summed E-state index contributed by atoms with van der Waals surface area (Å²) in [6.45, 7) is 2.11. The fourth-order valence-electron chi connectivity index (χ4n) is 11.1. The zero-order chi connectivity index (χ0) is 43.7. The summed E-state index contributed by atoms with van der Waals surface area (Å²) in [7, 11) is 0. The van der Waals surface area contributed by atoms with Gasteiger partial charge in [-0.05, 0) is 107 Å². The van der Waals surface area contributed by atoms with E-state index in [1.807, 2.05) is 0 Å². The van der Waals surface area contributed by atoms with E-state index in [9.17, 15) is 0 Å². The van der Waals surface area contributed by atoms with E-state index in [2.05, 4.69) is 234 Å².